The summed E-state index contributed by atoms with van der Waals surface area (Å²) < 4.78 is 8.38. The number of benzene rings is 1. The van der Waals surface area contributed by atoms with Crippen LogP contribution in [0.1, 0.15) is 23.3 Å². The second-order valence-corrected chi connectivity index (χ2v) is 7.94. The Kier molecular flexibility index (Phi) is 4.41. The fourth-order valence-corrected chi connectivity index (χ4v) is 4.76. The third-order valence-corrected chi connectivity index (χ3v) is 6.03. The molecule has 0 bridgehead atoms. The van der Waals surface area contributed by atoms with Crippen LogP contribution in [0.5, 0.6) is 5.75 Å². The van der Waals surface area contributed by atoms with Gasteiger partial charge in [0.2, 0.25) is 0 Å². The van der Waals surface area contributed by atoms with Gasteiger partial charge in [0, 0.05) is 9.35 Å². The first-order chi connectivity index (χ1) is 11.7. The van der Waals surface area contributed by atoms with Crippen molar-refractivity contribution in [1.29, 1.82) is 0 Å². The molecule has 0 amide bonds. The molecule has 0 radical (unpaired) electrons. The van der Waals surface area contributed by atoms with E-state index in [1.54, 1.807) is 22.2 Å². The van der Waals surface area contributed by atoms with E-state index in [9.17, 15) is 4.79 Å². The van der Waals surface area contributed by atoms with Crippen LogP contribution in [0.25, 0.3) is 10.2 Å². The van der Waals surface area contributed by atoms with E-state index < -0.39 is 0 Å². The SMILES string of the molecule is O=c1c2c3c(sc2ncn1CCOc1cccc(Br)c1)CCCC3. The van der Waals surface area contributed by atoms with Gasteiger partial charge >= 0.3 is 0 Å². The van der Waals surface area contributed by atoms with Crippen molar-refractivity contribution in [2.75, 3.05) is 6.61 Å². The lowest BCUT2D eigenvalue weighted by Crippen LogP contribution is -2.24. The molecule has 2 heterocycles. The molecule has 2 aromatic heterocycles. The van der Waals surface area contributed by atoms with Crippen molar-refractivity contribution in [1.82, 2.24) is 9.55 Å². The van der Waals surface area contributed by atoms with Crippen molar-refractivity contribution in [3.05, 3.63) is 55.9 Å². The van der Waals surface area contributed by atoms with Gasteiger partial charge < -0.3 is 4.74 Å². The number of rotatable bonds is 4. The Morgan fingerprint density at radius 3 is 3.04 bits per heavy atom. The number of aryl methyl sites for hydroxylation is 2. The maximum absolute atomic E-state index is 12.8. The first-order valence-electron chi connectivity index (χ1n) is 8.10. The van der Waals surface area contributed by atoms with Crippen LogP contribution < -0.4 is 10.3 Å². The highest BCUT2D eigenvalue weighted by molar-refractivity contribution is 9.10. The predicted octanol–water partition coefficient (Wildman–Crippen LogP) is 4.18. The molecule has 6 heteroatoms. The quantitative estimate of drug-likeness (QED) is 0.654. The van der Waals surface area contributed by atoms with Gasteiger partial charge in [-0.2, -0.15) is 0 Å². The largest absolute Gasteiger partial charge is 0.492 e. The third-order valence-electron chi connectivity index (χ3n) is 4.34. The topological polar surface area (TPSA) is 44.1 Å². The van der Waals surface area contributed by atoms with Crippen LogP contribution in [-0.2, 0) is 19.4 Å². The summed E-state index contributed by atoms with van der Waals surface area (Å²) in [7, 11) is 0. The number of halogens is 1. The molecule has 0 fully saturated rings. The number of hydrogen-bond donors (Lipinski definition) is 0. The van der Waals surface area contributed by atoms with E-state index >= 15 is 0 Å². The zero-order valence-corrected chi connectivity index (χ0v) is 15.5. The molecule has 4 rings (SSSR count). The summed E-state index contributed by atoms with van der Waals surface area (Å²) in [5.41, 5.74) is 1.30. The van der Waals surface area contributed by atoms with Gasteiger partial charge in [-0.1, -0.05) is 22.0 Å². The molecule has 1 aliphatic rings. The lowest BCUT2D eigenvalue weighted by molar-refractivity contribution is 0.296. The average molecular weight is 405 g/mol. The average Bonchev–Trinajstić information content (AvgIpc) is 2.96. The fourth-order valence-electron chi connectivity index (χ4n) is 3.16. The summed E-state index contributed by atoms with van der Waals surface area (Å²) in [6.07, 6.45) is 6.12. The normalized spacial score (nSPS) is 13.9. The van der Waals surface area contributed by atoms with E-state index in [0.717, 1.165) is 33.3 Å². The van der Waals surface area contributed by atoms with Gasteiger partial charge in [-0.25, -0.2) is 4.98 Å². The van der Waals surface area contributed by atoms with E-state index in [2.05, 4.69) is 20.9 Å². The highest BCUT2D eigenvalue weighted by Crippen LogP contribution is 2.33. The molecule has 0 aliphatic heterocycles. The van der Waals surface area contributed by atoms with Crippen LogP contribution in [0.4, 0.5) is 0 Å². The van der Waals surface area contributed by atoms with E-state index in [-0.39, 0.29) is 5.56 Å². The maximum atomic E-state index is 12.8. The van der Waals surface area contributed by atoms with E-state index in [0.29, 0.717) is 13.2 Å². The molecule has 0 N–H and O–H groups in total. The highest BCUT2D eigenvalue weighted by Gasteiger charge is 2.19. The van der Waals surface area contributed by atoms with Gasteiger partial charge in [0.15, 0.2) is 0 Å². The zero-order valence-electron chi connectivity index (χ0n) is 13.1. The van der Waals surface area contributed by atoms with Gasteiger partial charge in [-0.3, -0.25) is 9.36 Å². The van der Waals surface area contributed by atoms with E-state index in [1.807, 2.05) is 24.3 Å². The molecule has 0 saturated heterocycles. The number of nitrogens with zero attached hydrogens (tertiary/aromatic N) is 2. The minimum Gasteiger partial charge on any atom is -0.492 e. The molecule has 4 nitrogen and oxygen atoms in total. The van der Waals surface area contributed by atoms with Gasteiger partial charge in [0.05, 0.1) is 18.3 Å². The zero-order chi connectivity index (χ0) is 16.5. The summed E-state index contributed by atoms with van der Waals surface area (Å²) in [5, 5.41) is 0.833. The number of thiophene rings is 1. The van der Waals surface area contributed by atoms with Crippen molar-refractivity contribution >= 4 is 37.5 Å². The molecule has 1 aromatic carbocycles. The molecule has 0 unspecified atom stereocenters. The lowest BCUT2D eigenvalue weighted by Gasteiger charge is -2.11. The van der Waals surface area contributed by atoms with Crippen molar-refractivity contribution in [3.63, 3.8) is 0 Å². The Balaban J connectivity index is 1.56. The van der Waals surface area contributed by atoms with Gasteiger partial charge in [-0.05, 0) is 49.4 Å². The summed E-state index contributed by atoms with van der Waals surface area (Å²) in [5.74, 6) is 0.791. The molecule has 3 aromatic rings. The molecule has 0 atom stereocenters. The molecule has 0 spiro atoms. The molecule has 1 aliphatic carbocycles. The number of ether oxygens (including phenoxy) is 1. The van der Waals surface area contributed by atoms with E-state index in [1.165, 1.54) is 23.3 Å². The standard InChI is InChI=1S/C18H17BrN2O2S/c19-12-4-3-5-13(10-12)23-9-8-21-11-20-17-16(18(21)22)14-6-1-2-7-15(14)24-17/h3-5,10-11H,1-2,6-9H2. The third kappa shape index (κ3) is 3.00. The van der Waals surface area contributed by atoms with Crippen LogP contribution in [-0.4, -0.2) is 16.2 Å². The molecule has 124 valence electrons. The van der Waals surface area contributed by atoms with Crippen molar-refractivity contribution in [3.8, 4) is 5.75 Å². The fraction of sp³-hybridized carbons (Fsp3) is 0.333. The minimum atomic E-state index is 0.0669. The Bertz CT molecular complexity index is 948. The van der Waals surface area contributed by atoms with Crippen molar-refractivity contribution < 1.29 is 4.74 Å². The number of hydrogen-bond acceptors (Lipinski definition) is 4. The highest BCUT2D eigenvalue weighted by atomic mass is 79.9. The first-order valence-corrected chi connectivity index (χ1v) is 9.71. The monoisotopic (exact) mass is 404 g/mol. The smallest absolute Gasteiger partial charge is 0.262 e. The van der Waals surface area contributed by atoms with Crippen LogP contribution in [0, 0.1) is 0 Å². The molecule has 0 saturated carbocycles. The van der Waals surface area contributed by atoms with Gasteiger partial charge in [-0.15, -0.1) is 11.3 Å². The van der Waals surface area contributed by atoms with Gasteiger partial charge in [0.25, 0.3) is 5.56 Å². The summed E-state index contributed by atoms with van der Waals surface area (Å²) in [4.78, 5) is 19.6. The molecular formula is C18H17BrN2O2S. The Hall–Kier alpha value is -1.66. The molecule has 24 heavy (non-hydrogen) atoms. The summed E-state index contributed by atoms with van der Waals surface area (Å²) >= 11 is 5.11. The van der Waals surface area contributed by atoms with Crippen LogP contribution in [0.2, 0.25) is 0 Å². The predicted molar refractivity (Wildman–Crippen MR) is 100 cm³/mol. The first kappa shape index (κ1) is 15.8. The Morgan fingerprint density at radius 1 is 1.29 bits per heavy atom. The number of fused-ring (bicyclic) bond motifs is 3. The van der Waals surface area contributed by atoms with Crippen LogP contribution in [0.15, 0.2) is 39.9 Å². The maximum Gasteiger partial charge on any atom is 0.262 e. The van der Waals surface area contributed by atoms with E-state index in [4.69, 9.17) is 4.74 Å². The lowest BCUT2D eigenvalue weighted by atomic mass is 9.97. The van der Waals surface area contributed by atoms with Crippen molar-refractivity contribution in [2.24, 2.45) is 0 Å². The second kappa shape index (κ2) is 6.69. The Labute approximate surface area is 152 Å². The van der Waals surface area contributed by atoms with Crippen LogP contribution in [0.3, 0.4) is 0 Å². The molecular weight excluding hydrogens is 388 g/mol. The second-order valence-electron chi connectivity index (χ2n) is 5.94. The van der Waals surface area contributed by atoms with Crippen molar-refractivity contribution in [2.45, 2.75) is 32.2 Å². The van der Waals surface area contributed by atoms with Crippen LogP contribution >= 0.6 is 27.3 Å². The number of aromatic nitrogens is 2. The Morgan fingerprint density at radius 2 is 2.17 bits per heavy atom. The minimum absolute atomic E-state index is 0.0669. The summed E-state index contributed by atoms with van der Waals surface area (Å²) in [6, 6.07) is 7.70. The summed E-state index contributed by atoms with van der Waals surface area (Å²) in [6.45, 7) is 0.939. The van der Waals surface area contributed by atoms with Gasteiger partial charge in [0.1, 0.15) is 17.2 Å².